The molecule has 8 heteroatoms. The van der Waals surface area contributed by atoms with Crippen molar-refractivity contribution in [2.24, 2.45) is 0 Å². The maximum Gasteiger partial charge on any atom is 0.241 e. The number of hydrogen-bond acceptors (Lipinski definition) is 4. The Kier molecular flexibility index (Phi) is 4.46. The van der Waals surface area contributed by atoms with Gasteiger partial charge in [0, 0.05) is 17.1 Å². The first-order valence-electron chi connectivity index (χ1n) is 8.89. The highest BCUT2D eigenvalue weighted by molar-refractivity contribution is 7.89. The zero-order chi connectivity index (χ0) is 19.5. The number of benzene rings is 2. The van der Waals surface area contributed by atoms with Gasteiger partial charge < -0.3 is 9.64 Å². The van der Waals surface area contributed by atoms with Crippen LogP contribution in [0, 0.1) is 0 Å². The molecule has 2 heterocycles. The number of halogens is 1. The molecule has 0 bridgehead atoms. The van der Waals surface area contributed by atoms with Crippen LogP contribution in [0.5, 0.6) is 0 Å². The molecule has 0 spiro atoms. The third-order valence-electron chi connectivity index (χ3n) is 5.24. The van der Waals surface area contributed by atoms with Gasteiger partial charge in [0.05, 0.1) is 29.2 Å². The van der Waals surface area contributed by atoms with E-state index in [-0.39, 0.29) is 23.0 Å². The van der Waals surface area contributed by atoms with Crippen molar-refractivity contribution in [3.8, 4) is 0 Å². The standard InChI is InChI=1S/C19H21ClN2O4S/c1-10-9-22-18(12(3)26-10)17-15-6-5-14(20)8-13(15)4-7-16(17)27(24,25)21-11(2)19(22)23/h4-8,10-12,18,21H,9H2,1-3H3/t10?,11-,12?,18+/m0/s1. The number of morpholine rings is 1. The molecule has 0 saturated carbocycles. The molecule has 4 atom stereocenters. The predicted molar refractivity (Wildman–Crippen MR) is 103 cm³/mol. The summed E-state index contributed by atoms with van der Waals surface area (Å²) in [6.07, 6.45) is -0.477. The van der Waals surface area contributed by atoms with Gasteiger partial charge in [-0.3, -0.25) is 4.79 Å². The Bertz CT molecular complexity index is 1040. The van der Waals surface area contributed by atoms with Crippen LogP contribution in [0.3, 0.4) is 0 Å². The monoisotopic (exact) mass is 408 g/mol. The summed E-state index contributed by atoms with van der Waals surface area (Å²) in [6, 6.07) is 7.33. The zero-order valence-electron chi connectivity index (χ0n) is 15.3. The smallest absolute Gasteiger partial charge is 0.241 e. The normalized spacial score (nSPS) is 30.4. The number of sulfonamides is 1. The van der Waals surface area contributed by atoms with E-state index in [0.29, 0.717) is 17.1 Å². The number of rotatable bonds is 0. The fraction of sp³-hybridized carbons (Fsp3) is 0.421. The Morgan fingerprint density at radius 2 is 1.93 bits per heavy atom. The lowest BCUT2D eigenvalue weighted by atomic mass is 9.92. The van der Waals surface area contributed by atoms with Gasteiger partial charge in [-0.15, -0.1) is 0 Å². The molecule has 27 heavy (non-hydrogen) atoms. The highest BCUT2D eigenvalue weighted by Gasteiger charge is 2.44. The van der Waals surface area contributed by atoms with Gasteiger partial charge in [0.25, 0.3) is 0 Å². The van der Waals surface area contributed by atoms with Crippen molar-refractivity contribution in [3.05, 3.63) is 40.9 Å². The lowest BCUT2D eigenvalue weighted by Crippen LogP contribution is -2.57. The first-order chi connectivity index (χ1) is 12.7. The van der Waals surface area contributed by atoms with Crippen molar-refractivity contribution in [2.45, 2.75) is 50.0 Å². The van der Waals surface area contributed by atoms with E-state index in [1.54, 1.807) is 36.1 Å². The maximum absolute atomic E-state index is 13.0. The molecule has 2 aliphatic heterocycles. The van der Waals surface area contributed by atoms with Crippen LogP contribution in [0.25, 0.3) is 10.8 Å². The topological polar surface area (TPSA) is 75.7 Å². The molecule has 2 aliphatic rings. The van der Waals surface area contributed by atoms with Crippen molar-refractivity contribution in [2.75, 3.05) is 6.54 Å². The maximum atomic E-state index is 13.0. The molecule has 4 rings (SSSR count). The second kappa shape index (κ2) is 6.44. The van der Waals surface area contributed by atoms with Crippen molar-refractivity contribution in [3.63, 3.8) is 0 Å². The average Bonchev–Trinajstić information content (AvgIpc) is 2.58. The summed E-state index contributed by atoms with van der Waals surface area (Å²) in [4.78, 5) is 15.0. The molecule has 144 valence electrons. The quantitative estimate of drug-likeness (QED) is 0.727. The number of nitrogens with one attached hydrogen (secondary N) is 1. The predicted octanol–water partition coefficient (Wildman–Crippen LogP) is 2.85. The molecule has 1 fully saturated rings. The number of hydrogen-bond donors (Lipinski definition) is 1. The zero-order valence-corrected chi connectivity index (χ0v) is 16.8. The Labute approximate surface area is 163 Å². The molecule has 2 aromatic rings. The van der Waals surface area contributed by atoms with E-state index in [9.17, 15) is 13.2 Å². The third-order valence-corrected chi connectivity index (χ3v) is 7.07. The number of fused-ring (bicyclic) bond motifs is 5. The minimum atomic E-state index is -3.86. The van der Waals surface area contributed by atoms with Crippen LogP contribution in [0.15, 0.2) is 35.2 Å². The summed E-state index contributed by atoms with van der Waals surface area (Å²) in [7, 11) is -3.86. The van der Waals surface area contributed by atoms with Crippen LogP contribution >= 0.6 is 11.6 Å². The lowest BCUT2D eigenvalue weighted by Gasteiger charge is -2.45. The highest BCUT2D eigenvalue weighted by Crippen LogP contribution is 2.41. The van der Waals surface area contributed by atoms with E-state index in [4.69, 9.17) is 16.3 Å². The number of carbonyl (C=O) groups excluding carboxylic acids is 1. The van der Waals surface area contributed by atoms with Gasteiger partial charge in [0.2, 0.25) is 15.9 Å². The van der Waals surface area contributed by atoms with Gasteiger partial charge in [0.15, 0.2) is 0 Å². The molecule has 6 nitrogen and oxygen atoms in total. The van der Waals surface area contributed by atoms with Gasteiger partial charge in [-0.05, 0) is 49.7 Å². The Morgan fingerprint density at radius 3 is 2.67 bits per heavy atom. The molecule has 0 aliphatic carbocycles. The van der Waals surface area contributed by atoms with E-state index in [2.05, 4.69) is 4.72 Å². The molecule has 2 aromatic carbocycles. The van der Waals surface area contributed by atoms with Crippen molar-refractivity contribution in [1.82, 2.24) is 9.62 Å². The number of nitrogens with zero attached hydrogens (tertiary/aromatic N) is 1. The molecular formula is C19H21ClN2O4S. The van der Waals surface area contributed by atoms with Crippen LogP contribution in [0.1, 0.15) is 32.4 Å². The van der Waals surface area contributed by atoms with Crippen molar-refractivity contribution >= 4 is 38.3 Å². The molecule has 1 N–H and O–H groups in total. The molecule has 1 amide bonds. The molecule has 1 saturated heterocycles. The molecular weight excluding hydrogens is 388 g/mol. The molecule has 0 radical (unpaired) electrons. The first-order valence-corrected chi connectivity index (χ1v) is 10.8. The largest absolute Gasteiger partial charge is 0.371 e. The van der Waals surface area contributed by atoms with Gasteiger partial charge in [0.1, 0.15) is 0 Å². The summed E-state index contributed by atoms with van der Waals surface area (Å²) in [5, 5.41) is 2.14. The minimum Gasteiger partial charge on any atom is -0.371 e. The summed E-state index contributed by atoms with van der Waals surface area (Å²) in [5.41, 5.74) is 0.580. The van der Waals surface area contributed by atoms with Gasteiger partial charge in [-0.1, -0.05) is 23.7 Å². The van der Waals surface area contributed by atoms with Crippen molar-refractivity contribution < 1.29 is 17.9 Å². The summed E-state index contributed by atoms with van der Waals surface area (Å²) < 4.78 is 34.5. The average molecular weight is 409 g/mol. The van der Waals surface area contributed by atoms with E-state index < -0.39 is 22.1 Å². The Balaban J connectivity index is 2.07. The van der Waals surface area contributed by atoms with Gasteiger partial charge in [-0.25, -0.2) is 8.42 Å². The number of carbonyl (C=O) groups is 1. The minimum absolute atomic E-state index is 0.128. The molecule has 0 aromatic heterocycles. The van der Waals surface area contributed by atoms with Crippen LogP contribution in [-0.2, 0) is 19.6 Å². The summed E-state index contributed by atoms with van der Waals surface area (Å²) >= 11 is 6.12. The highest BCUT2D eigenvalue weighted by atomic mass is 35.5. The Hall–Kier alpha value is -1.67. The number of amides is 1. The second-order valence-corrected chi connectivity index (χ2v) is 9.39. The van der Waals surface area contributed by atoms with E-state index in [0.717, 1.165) is 10.8 Å². The fourth-order valence-electron chi connectivity index (χ4n) is 4.18. The molecule has 2 unspecified atom stereocenters. The summed E-state index contributed by atoms with van der Waals surface area (Å²) in [6.45, 7) is 5.78. The van der Waals surface area contributed by atoms with Gasteiger partial charge >= 0.3 is 0 Å². The number of ether oxygens (including phenoxy) is 1. The SMILES string of the molecule is CC1CN2C(=O)[C@H](C)NS(=O)(=O)c3ccc4cc(Cl)ccc4c3[C@H]2C(C)O1. The van der Waals surface area contributed by atoms with E-state index >= 15 is 0 Å². The van der Waals surface area contributed by atoms with Gasteiger partial charge in [-0.2, -0.15) is 4.72 Å². The lowest BCUT2D eigenvalue weighted by molar-refractivity contribution is -0.155. The van der Waals surface area contributed by atoms with E-state index in [1.807, 2.05) is 19.9 Å². The third kappa shape index (κ3) is 3.02. The van der Waals surface area contributed by atoms with Crippen LogP contribution in [0.4, 0.5) is 0 Å². The Morgan fingerprint density at radius 1 is 1.19 bits per heavy atom. The fourth-order valence-corrected chi connectivity index (χ4v) is 5.83. The van der Waals surface area contributed by atoms with Crippen LogP contribution in [-0.4, -0.2) is 44.0 Å². The van der Waals surface area contributed by atoms with E-state index in [1.165, 1.54) is 0 Å². The summed E-state index contributed by atoms with van der Waals surface area (Å²) in [5.74, 6) is -0.248. The van der Waals surface area contributed by atoms with Crippen LogP contribution in [0.2, 0.25) is 5.02 Å². The van der Waals surface area contributed by atoms with Crippen LogP contribution < -0.4 is 4.72 Å². The second-order valence-electron chi connectivity index (χ2n) is 7.27. The van der Waals surface area contributed by atoms with Crippen molar-refractivity contribution in [1.29, 1.82) is 0 Å². The first kappa shape index (κ1) is 18.7.